The van der Waals surface area contributed by atoms with Crippen molar-refractivity contribution in [2.45, 2.75) is 44.2 Å². The van der Waals surface area contributed by atoms with Crippen LogP contribution in [-0.4, -0.2) is 0 Å². The van der Waals surface area contributed by atoms with Crippen molar-refractivity contribution in [1.82, 2.24) is 0 Å². The summed E-state index contributed by atoms with van der Waals surface area (Å²) >= 11 is 0. The predicted molar refractivity (Wildman–Crippen MR) is 201 cm³/mol. The first-order valence-electron chi connectivity index (χ1n) is 16.8. The lowest BCUT2D eigenvalue weighted by atomic mass is 9.90. The Balaban J connectivity index is 1.20. The monoisotopic (exact) mass is 640 g/mol. The first kappa shape index (κ1) is 30.0. The molecule has 0 aromatic heterocycles. The van der Waals surface area contributed by atoms with Crippen molar-refractivity contribution < 1.29 is 0 Å². The third-order valence-electron chi connectivity index (χ3n) is 11.0. The van der Waals surface area contributed by atoms with Gasteiger partial charge < -0.3 is 34.0 Å². The zero-order valence-electron chi connectivity index (χ0n) is 28.0. The molecule has 4 aliphatic rings. The number of hydrogen-bond acceptors (Lipinski definition) is 6. The van der Waals surface area contributed by atoms with E-state index in [1.54, 1.807) is 0 Å². The summed E-state index contributed by atoms with van der Waals surface area (Å²) in [5, 5.41) is 3.87. The van der Waals surface area contributed by atoms with Crippen molar-refractivity contribution in [2.24, 2.45) is 28.7 Å². The maximum absolute atomic E-state index is 7.68. The van der Waals surface area contributed by atoms with Crippen molar-refractivity contribution in [3.63, 3.8) is 0 Å². The fraction of sp³-hybridized carbons (Fsp3) is 0.163. The Morgan fingerprint density at radius 1 is 0.571 bits per heavy atom. The molecule has 4 aliphatic carbocycles. The third kappa shape index (κ3) is 4.07. The van der Waals surface area contributed by atoms with Crippen LogP contribution in [-0.2, 0) is 17.0 Å². The van der Waals surface area contributed by atoms with Crippen LogP contribution in [0.4, 0.5) is 5.69 Å². The molecule has 0 heterocycles. The molecule has 9 rings (SSSR count). The van der Waals surface area contributed by atoms with E-state index < -0.39 is 17.0 Å². The van der Waals surface area contributed by atoms with Gasteiger partial charge >= 0.3 is 0 Å². The molecule has 0 saturated carbocycles. The lowest BCUT2D eigenvalue weighted by Gasteiger charge is -2.32. The number of rotatable bonds is 3. The largest absolute Gasteiger partial charge is 0.359 e. The number of nitrogens with two attached hydrogens (primary N) is 5. The van der Waals surface area contributed by atoms with Gasteiger partial charge in [-0.05, 0) is 107 Å². The summed E-state index contributed by atoms with van der Waals surface area (Å²) in [6.07, 6.45) is 4.96. The highest BCUT2D eigenvalue weighted by molar-refractivity contribution is 5.97. The summed E-state index contributed by atoms with van der Waals surface area (Å²) in [5.74, 6) is 0. The summed E-state index contributed by atoms with van der Waals surface area (Å²) in [6, 6.07) is 30.0. The molecule has 1 unspecified atom stereocenters. The summed E-state index contributed by atoms with van der Waals surface area (Å²) < 4.78 is 0. The predicted octanol–water partition coefficient (Wildman–Crippen LogP) is 6.98. The maximum atomic E-state index is 7.68. The van der Waals surface area contributed by atoms with Crippen LogP contribution in [0.1, 0.15) is 56.5 Å². The van der Waals surface area contributed by atoms with E-state index in [9.17, 15) is 0 Å². The minimum absolute atomic E-state index is 0.738. The molecule has 0 fully saturated rings. The van der Waals surface area contributed by atoms with E-state index in [2.05, 4.69) is 124 Å². The van der Waals surface area contributed by atoms with E-state index in [-0.39, 0.29) is 0 Å². The van der Waals surface area contributed by atoms with Gasteiger partial charge in [0.25, 0.3) is 0 Å². The molecular formula is C43H40N6. The van der Waals surface area contributed by atoms with Gasteiger partial charge in [-0.3, -0.25) is 0 Å². The molecule has 6 heteroatoms. The minimum atomic E-state index is -1.14. The minimum Gasteiger partial charge on any atom is -0.359 e. The molecule has 0 bridgehead atoms. The van der Waals surface area contributed by atoms with Crippen molar-refractivity contribution in [3.8, 4) is 33.4 Å². The number of aryl methyl sites for hydroxylation is 3. The second-order valence-corrected chi connectivity index (χ2v) is 14.6. The van der Waals surface area contributed by atoms with E-state index in [1.165, 1.54) is 0 Å². The highest BCUT2D eigenvalue weighted by Gasteiger charge is 2.46. The number of nitrogens with one attached hydrogen (secondary N) is 1. The number of fused-ring (bicyclic) bond motifs is 9. The molecule has 49 heavy (non-hydrogen) atoms. The van der Waals surface area contributed by atoms with Crippen molar-refractivity contribution >= 4 is 11.3 Å². The van der Waals surface area contributed by atoms with Gasteiger partial charge in [0.2, 0.25) is 0 Å². The Labute approximate surface area is 287 Å². The van der Waals surface area contributed by atoms with Crippen LogP contribution in [0, 0.1) is 20.8 Å². The van der Waals surface area contributed by atoms with E-state index in [0.29, 0.717) is 0 Å². The SMILES string of the molecule is C=C1C=C2C(=CC1)c1c(NC3(N)c4cc(C)ccc4-c4ccc(-c5ccc6c(c5)C(N)(N)c5cc(C)ccc5-6)cc43)cc(C)cc1C2(N)N. The fourth-order valence-corrected chi connectivity index (χ4v) is 8.59. The summed E-state index contributed by atoms with van der Waals surface area (Å²) in [7, 11) is 0. The highest BCUT2D eigenvalue weighted by Crippen LogP contribution is 2.54. The van der Waals surface area contributed by atoms with E-state index in [0.717, 1.165) is 112 Å². The molecule has 0 spiro atoms. The summed E-state index contributed by atoms with van der Waals surface area (Å²) in [5.41, 5.74) is 51.1. The molecular weight excluding hydrogens is 601 g/mol. The number of benzene rings is 5. The maximum Gasteiger partial charge on any atom is 0.140 e. The summed E-state index contributed by atoms with van der Waals surface area (Å²) in [6.45, 7) is 10.4. The molecule has 242 valence electrons. The van der Waals surface area contributed by atoms with Crippen molar-refractivity contribution in [3.05, 3.63) is 165 Å². The van der Waals surface area contributed by atoms with Gasteiger partial charge in [-0.15, -0.1) is 0 Å². The second kappa shape index (κ2) is 9.76. The Hall–Kier alpha value is -5.08. The van der Waals surface area contributed by atoms with Crippen LogP contribution in [0.3, 0.4) is 0 Å². The molecule has 1 atom stereocenters. The second-order valence-electron chi connectivity index (χ2n) is 14.6. The number of anilines is 1. The Kier molecular flexibility index (Phi) is 5.98. The van der Waals surface area contributed by atoms with Crippen LogP contribution >= 0.6 is 0 Å². The molecule has 0 saturated heterocycles. The van der Waals surface area contributed by atoms with Crippen LogP contribution in [0.2, 0.25) is 0 Å². The van der Waals surface area contributed by atoms with Crippen LogP contribution in [0.15, 0.2) is 115 Å². The Morgan fingerprint density at radius 3 is 1.73 bits per heavy atom. The highest BCUT2D eigenvalue weighted by atomic mass is 15.1. The standard InChI is InChI=1S/C43H40N6/c1-22-5-10-28-29-13-8-26(20-35(29)41(44,45)33(28)15-22)27-9-14-31-30-11-6-24(3)17-36(30)43(48,37(31)21-27)49-39-19-25(4)18-38-40(39)32-12-7-23(2)16-34(32)42(38,46)47/h5-6,8-21,49H,2,7,44-48H2,1,3-4H3. The van der Waals surface area contributed by atoms with Crippen LogP contribution < -0.4 is 34.0 Å². The first-order chi connectivity index (χ1) is 23.3. The third-order valence-corrected chi connectivity index (χ3v) is 11.0. The average Bonchev–Trinajstić information content (AvgIpc) is 3.53. The van der Waals surface area contributed by atoms with E-state index in [1.807, 2.05) is 6.08 Å². The van der Waals surface area contributed by atoms with E-state index >= 15 is 0 Å². The molecule has 5 aromatic rings. The average molecular weight is 641 g/mol. The van der Waals surface area contributed by atoms with Gasteiger partial charge in [-0.2, -0.15) is 0 Å². The van der Waals surface area contributed by atoms with Crippen LogP contribution in [0.5, 0.6) is 0 Å². The zero-order valence-corrected chi connectivity index (χ0v) is 28.0. The number of hydrogen-bond donors (Lipinski definition) is 6. The van der Waals surface area contributed by atoms with Gasteiger partial charge in [0, 0.05) is 27.9 Å². The molecule has 0 amide bonds. The lowest BCUT2D eigenvalue weighted by Crippen LogP contribution is -2.46. The number of allylic oxidation sites excluding steroid dienone is 3. The molecule has 0 aliphatic heterocycles. The van der Waals surface area contributed by atoms with Gasteiger partial charge in [0.15, 0.2) is 0 Å². The molecule has 5 aromatic carbocycles. The molecule has 6 nitrogen and oxygen atoms in total. The molecule has 11 N–H and O–H groups in total. The normalized spacial score (nSPS) is 20.0. The van der Waals surface area contributed by atoms with Gasteiger partial charge in [0.05, 0.1) is 0 Å². The molecule has 0 radical (unpaired) electrons. The fourth-order valence-electron chi connectivity index (χ4n) is 8.59. The van der Waals surface area contributed by atoms with Gasteiger partial charge in [0.1, 0.15) is 17.0 Å². The van der Waals surface area contributed by atoms with Crippen molar-refractivity contribution in [1.29, 1.82) is 0 Å². The van der Waals surface area contributed by atoms with E-state index in [4.69, 9.17) is 28.7 Å². The summed E-state index contributed by atoms with van der Waals surface area (Å²) in [4.78, 5) is 0. The quantitative estimate of drug-likeness (QED) is 0.118. The zero-order chi connectivity index (χ0) is 34.2. The lowest BCUT2D eigenvalue weighted by molar-refractivity contribution is 0.582. The van der Waals surface area contributed by atoms with Crippen molar-refractivity contribution in [2.75, 3.05) is 5.32 Å². The first-order valence-corrected chi connectivity index (χ1v) is 16.8. The Morgan fingerprint density at radius 2 is 1.08 bits per heavy atom. The van der Waals surface area contributed by atoms with Gasteiger partial charge in [-0.25, -0.2) is 0 Å². The van der Waals surface area contributed by atoms with Crippen LogP contribution in [0.25, 0.3) is 39.0 Å². The Bertz CT molecular complexity index is 2410. The topological polar surface area (TPSA) is 142 Å². The smallest absolute Gasteiger partial charge is 0.140 e. The van der Waals surface area contributed by atoms with Gasteiger partial charge in [-0.1, -0.05) is 102 Å².